The van der Waals surface area contributed by atoms with Crippen LogP contribution in [0.1, 0.15) is 28.3 Å². The summed E-state index contributed by atoms with van der Waals surface area (Å²) in [7, 11) is 0. The molecular formula is C18H20N6O2S. The highest BCUT2D eigenvalue weighted by molar-refractivity contribution is 7.10. The third-order valence-corrected chi connectivity index (χ3v) is 5.49. The summed E-state index contributed by atoms with van der Waals surface area (Å²) < 4.78 is 1.50. The standard InChI is InChI=1S/C18H20N6O2S/c25-15(10-14-5-2-9-27-14)20-11-13-4-1-7-23(12-13)17(26)16-21-18-19-6-3-8-24(18)22-16/h2-3,5-6,8-9,13H,1,4,7,10-12H2,(H,20,25). The Hall–Kier alpha value is -2.81. The number of amides is 2. The minimum Gasteiger partial charge on any atom is -0.355 e. The van der Waals surface area contributed by atoms with Gasteiger partial charge in [-0.05, 0) is 36.3 Å². The third kappa shape index (κ3) is 4.13. The quantitative estimate of drug-likeness (QED) is 0.718. The average molecular weight is 384 g/mol. The molecule has 3 aromatic heterocycles. The summed E-state index contributed by atoms with van der Waals surface area (Å²) in [6.07, 6.45) is 5.64. The number of likely N-dealkylation sites (tertiary alicyclic amines) is 1. The molecular weight excluding hydrogens is 364 g/mol. The highest BCUT2D eigenvalue weighted by Gasteiger charge is 2.27. The third-order valence-electron chi connectivity index (χ3n) is 4.62. The van der Waals surface area contributed by atoms with Crippen LogP contribution in [-0.2, 0) is 11.2 Å². The fraction of sp³-hybridized carbons (Fsp3) is 0.389. The van der Waals surface area contributed by atoms with Gasteiger partial charge in [0, 0.05) is 36.9 Å². The fourth-order valence-corrected chi connectivity index (χ4v) is 3.98. The second kappa shape index (κ2) is 7.83. The maximum Gasteiger partial charge on any atom is 0.293 e. The summed E-state index contributed by atoms with van der Waals surface area (Å²) in [6, 6.07) is 5.65. The van der Waals surface area contributed by atoms with Crippen LogP contribution in [0.3, 0.4) is 0 Å². The molecule has 1 aliphatic heterocycles. The number of carbonyl (C=O) groups is 2. The highest BCUT2D eigenvalue weighted by Crippen LogP contribution is 2.18. The molecule has 140 valence electrons. The molecule has 0 saturated carbocycles. The Morgan fingerprint density at radius 1 is 1.33 bits per heavy atom. The Balaban J connectivity index is 1.33. The van der Waals surface area contributed by atoms with Crippen molar-refractivity contribution in [2.24, 2.45) is 5.92 Å². The van der Waals surface area contributed by atoms with Crippen LogP contribution in [0.4, 0.5) is 0 Å². The predicted molar refractivity (Wildman–Crippen MR) is 100 cm³/mol. The molecule has 9 heteroatoms. The van der Waals surface area contributed by atoms with Crippen LogP contribution in [-0.4, -0.2) is 55.9 Å². The Bertz CT molecular complexity index is 905. The largest absolute Gasteiger partial charge is 0.355 e. The van der Waals surface area contributed by atoms with Crippen molar-refractivity contribution in [3.8, 4) is 0 Å². The number of rotatable bonds is 5. The molecule has 1 atom stereocenters. The van der Waals surface area contributed by atoms with E-state index in [1.807, 2.05) is 17.5 Å². The molecule has 2 amide bonds. The first-order chi connectivity index (χ1) is 13.2. The van der Waals surface area contributed by atoms with Gasteiger partial charge < -0.3 is 10.2 Å². The van der Waals surface area contributed by atoms with E-state index in [1.165, 1.54) is 4.52 Å². The van der Waals surface area contributed by atoms with Gasteiger partial charge in [-0.15, -0.1) is 16.4 Å². The van der Waals surface area contributed by atoms with E-state index in [0.29, 0.717) is 31.8 Å². The second-order valence-electron chi connectivity index (χ2n) is 6.62. The van der Waals surface area contributed by atoms with Crippen LogP contribution in [0.25, 0.3) is 5.78 Å². The number of carbonyl (C=O) groups excluding carboxylic acids is 2. The van der Waals surface area contributed by atoms with Gasteiger partial charge in [0.25, 0.3) is 11.7 Å². The number of nitrogens with one attached hydrogen (secondary N) is 1. The van der Waals surface area contributed by atoms with E-state index in [-0.39, 0.29) is 23.6 Å². The molecule has 0 aliphatic carbocycles. The van der Waals surface area contributed by atoms with Crippen LogP contribution < -0.4 is 5.32 Å². The van der Waals surface area contributed by atoms with Crippen LogP contribution in [0, 0.1) is 5.92 Å². The number of thiophene rings is 1. The molecule has 0 aromatic carbocycles. The fourth-order valence-electron chi connectivity index (χ4n) is 3.27. The van der Waals surface area contributed by atoms with Gasteiger partial charge in [0.1, 0.15) is 0 Å². The maximum atomic E-state index is 12.7. The molecule has 8 nitrogen and oxygen atoms in total. The van der Waals surface area contributed by atoms with Crippen LogP contribution in [0.15, 0.2) is 36.0 Å². The Kier molecular flexibility index (Phi) is 5.10. The van der Waals surface area contributed by atoms with Gasteiger partial charge in [-0.25, -0.2) is 9.50 Å². The maximum absolute atomic E-state index is 12.7. The van der Waals surface area contributed by atoms with Crippen LogP contribution in [0.5, 0.6) is 0 Å². The smallest absolute Gasteiger partial charge is 0.293 e. The van der Waals surface area contributed by atoms with Gasteiger partial charge in [-0.3, -0.25) is 9.59 Å². The molecule has 1 saturated heterocycles. The van der Waals surface area contributed by atoms with Gasteiger partial charge in [0.2, 0.25) is 11.7 Å². The van der Waals surface area contributed by atoms with Crippen molar-refractivity contribution in [3.05, 3.63) is 46.7 Å². The highest BCUT2D eigenvalue weighted by atomic mass is 32.1. The molecule has 4 heterocycles. The monoisotopic (exact) mass is 384 g/mol. The van der Waals surface area contributed by atoms with Crippen molar-refractivity contribution >= 4 is 28.9 Å². The van der Waals surface area contributed by atoms with Crippen LogP contribution >= 0.6 is 11.3 Å². The zero-order chi connectivity index (χ0) is 18.6. The zero-order valence-electron chi connectivity index (χ0n) is 14.7. The number of aromatic nitrogens is 4. The lowest BCUT2D eigenvalue weighted by atomic mass is 9.98. The van der Waals surface area contributed by atoms with E-state index in [0.717, 1.165) is 17.7 Å². The van der Waals surface area contributed by atoms with Gasteiger partial charge >= 0.3 is 0 Å². The molecule has 3 aromatic rings. The lowest BCUT2D eigenvalue weighted by molar-refractivity contribution is -0.120. The molecule has 1 aliphatic rings. The summed E-state index contributed by atoms with van der Waals surface area (Å²) in [4.78, 5) is 35.9. The summed E-state index contributed by atoms with van der Waals surface area (Å²) in [5, 5.41) is 9.18. The van der Waals surface area contributed by atoms with Crippen molar-refractivity contribution < 1.29 is 9.59 Å². The van der Waals surface area contributed by atoms with Crippen molar-refractivity contribution in [2.75, 3.05) is 19.6 Å². The summed E-state index contributed by atoms with van der Waals surface area (Å²) in [5.74, 6) is 0.653. The first-order valence-corrected chi connectivity index (χ1v) is 9.83. The van der Waals surface area contributed by atoms with Gasteiger partial charge in [-0.2, -0.15) is 4.98 Å². The Morgan fingerprint density at radius 3 is 3.07 bits per heavy atom. The van der Waals surface area contributed by atoms with E-state index in [2.05, 4.69) is 20.4 Å². The first kappa shape index (κ1) is 17.6. The summed E-state index contributed by atoms with van der Waals surface area (Å²) in [5.41, 5.74) is 0. The number of fused-ring (bicyclic) bond motifs is 1. The molecule has 0 radical (unpaired) electrons. The predicted octanol–water partition coefficient (Wildman–Crippen LogP) is 1.40. The van der Waals surface area contributed by atoms with Crippen molar-refractivity contribution in [3.63, 3.8) is 0 Å². The Morgan fingerprint density at radius 2 is 2.26 bits per heavy atom. The molecule has 1 fully saturated rings. The molecule has 0 bridgehead atoms. The summed E-state index contributed by atoms with van der Waals surface area (Å²) >= 11 is 1.58. The van der Waals surface area contributed by atoms with Crippen molar-refractivity contribution in [2.45, 2.75) is 19.3 Å². The van der Waals surface area contributed by atoms with Crippen molar-refractivity contribution in [1.29, 1.82) is 0 Å². The minimum absolute atomic E-state index is 0.0222. The molecule has 27 heavy (non-hydrogen) atoms. The molecule has 1 N–H and O–H groups in total. The second-order valence-corrected chi connectivity index (χ2v) is 7.65. The number of nitrogens with zero attached hydrogens (tertiary/aromatic N) is 5. The minimum atomic E-state index is -0.185. The molecule has 1 unspecified atom stereocenters. The Labute approximate surface area is 160 Å². The lowest BCUT2D eigenvalue weighted by Gasteiger charge is -2.32. The SMILES string of the molecule is O=C(Cc1cccs1)NCC1CCCN(C(=O)c2nc3ncccn3n2)C1. The van der Waals surface area contributed by atoms with Gasteiger partial charge in [-0.1, -0.05) is 6.07 Å². The summed E-state index contributed by atoms with van der Waals surface area (Å²) in [6.45, 7) is 1.86. The zero-order valence-corrected chi connectivity index (χ0v) is 15.6. The van der Waals surface area contributed by atoms with Crippen LogP contribution in [0.2, 0.25) is 0 Å². The lowest BCUT2D eigenvalue weighted by Crippen LogP contribution is -2.44. The topological polar surface area (TPSA) is 92.5 Å². The van der Waals surface area contributed by atoms with E-state index >= 15 is 0 Å². The van der Waals surface area contributed by atoms with Crippen molar-refractivity contribution in [1.82, 2.24) is 29.8 Å². The normalized spacial score (nSPS) is 17.2. The molecule has 0 spiro atoms. The number of hydrogen-bond acceptors (Lipinski definition) is 6. The van der Waals surface area contributed by atoms with Gasteiger partial charge in [0.15, 0.2) is 0 Å². The van der Waals surface area contributed by atoms with E-state index in [1.54, 1.807) is 34.7 Å². The van der Waals surface area contributed by atoms with E-state index < -0.39 is 0 Å². The van der Waals surface area contributed by atoms with E-state index in [4.69, 9.17) is 0 Å². The number of piperidine rings is 1. The first-order valence-electron chi connectivity index (χ1n) is 8.95. The number of hydrogen-bond donors (Lipinski definition) is 1. The molecule has 4 rings (SSSR count). The van der Waals surface area contributed by atoms with Gasteiger partial charge in [0.05, 0.1) is 6.42 Å². The van der Waals surface area contributed by atoms with E-state index in [9.17, 15) is 9.59 Å². The average Bonchev–Trinajstić information content (AvgIpc) is 3.35.